The van der Waals surface area contributed by atoms with E-state index in [-0.39, 0.29) is 6.10 Å². The lowest BCUT2D eigenvalue weighted by Crippen LogP contribution is -2.15. The van der Waals surface area contributed by atoms with Crippen LogP contribution in [-0.4, -0.2) is 61.3 Å². The number of hydrogen-bond acceptors (Lipinski definition) is 3. The summed E-state index contributed by atoms with van der Waals surface area (Å²) in [6.07, 6.45) is 2.30. The average molecular weight is 200 g/mol. The quantitative estimate of drug-likeness (QED) is 0.622. The Morgan fingerprint density at radius 1 is 1.00 bits per heavy atom. The van der Waals surface area contributed by atoms with Gasteiger partial charge in [-0.05, 0) is 39.4 Å². The van der Waals surface area contributed by atoms with Crippen LogP contribution in [0.1, 0.15) is 19.8 Å². The lowest BCUT2D eigenvalue weighted by molar-refractivity contribution is 0.183. The molecule has 14 heavy (non-hydrogen) atoms. The molecule has 84 valence electrons. The molecule has 3 heteroatoms. The number of nitrogens with zero attached hydrogens (tertiary/aromatic N) is 2. The van der Waals surface area contributed by atoms with Gasteiger partial charge in [0.25, 0.3) is 0 Å². The molecule has 0 aromatic rings. The highest BCUT2D eigenvalue weighted by Crippen LogP contribution is 2.11. The lowest BCUT2D eigenvalue weighted by atomic mass is 10.2. The molecule has 0 aromatic carbocycles. The van der Waals surface area contributed by atoms with Crippen molar-refractivity contribution in [2.75, 3.05) is 40.3 Å². The molecule has 1 N–H and O–H groups in total. The summed E-state index contributed by atoms with van der Waals surface area (Å²) in [7, 11) is 4.21. The molecule has 0 saturated carbocycles. The van der Waals surface area contributed by atoms with Crippen LogP contribution < -0.4 is 0 Å². The van der Waals surface area contributed by atoms with Crippen molar-refractivity contribution in [1.29, 1.82) is 0 Å². The predicted molar refractivity (Wildman–Crippen MR) is 59.4 cm³/mol. The van der Waals surface area contributed by atoms with E-state index in [1.165, 1.54) is 19.5 Å². The van der Waals surface area contributed by atoms with Gasteiger partial charge in [-0.2, -0.15) is 0 Å². The number of likely N-dealkylation sites (N-methyl/N-ethyl adjacent to an activating group) is 1. The Morgan fingerprint density at radius 3 is 1.71 bits per heavy atom. The molecule has 0 aromatic heterocycles. The fourth-order valence-corrected chi connectivity index (χ4v) is 2.07. The molecule has 2 heterocycles. The van der Waals surface area contributed by atoms with Crippen LogP contribution in [0.5, 0.6) is 0 Å². The number of rotatable bonds is 0. The van der Waals surface area contributed by atoms with Gasteiger partial charge in [-0.15, -0.1) is 0 Å². The molecule has 2 rings (SSSR count). The zero-order chi connectivity index (χ0) is 10.6. The van der Waals surface area contributed by atoms with Gasteiger partial charge in [0.05, 0.1) is 6.10 Å². The average Bonchev–Trinajstić information content (AvgIpc) is 2.63. The third-order valence-corrected chi connectivity index (χ3v) is 2.99. The Balaban J connectivity index is 0.000000140. The Bertz CT molecular complexity index is 129. The van der Waals surface area contributed by atoms with Gasteiger partial charge in [-0.25, -0.2) is 0 Å². The van der Waals surface area contributed by atoms with Crippen molar-refractivity contribution in [2.45, 2.75) is 25.9 Å². The molecule has 0 radical (unpaired) electrons. The van der Waals surface area contributed by atoms with E-state index in [9.17, 15) is 0 Å². The van der Waals surface area contributed by atoms with Crippen LogP contribution in [0.2, 0.25) is 0 Å². The maximum absolute atomic E-state index is 8.86. The highest BCUT2D eigenvalue weighted by Gasteiger charge is 2.15. The molecule has 2 atom stereocenters. The minimum absolute atomic E-state index is 0.0509. The maximum Gasteiger partial charge on any atom is 0.0679 e. The molecule has 0 bridgehead atoms. The smallest absolute Gasteiger partial charge is 0.0679 e. The van der Waals surface area contributed by atoms with Crippen LogP contribution in [0.25, 0.3) is 0 Å². The number of aliphatic hydroxyl groups excluding tert-OH is 1. The van der Waals surface area contributed by atoms with Gasteiger partial charge in [0.1, 0.15) is 0 Å². The van der Waals surface area contributed by atoms with Crippen LogP contribution in [0.15, 0.2) is 0 Å². The van der Waals surface area contributed by atoms with Gasteiger partial charge < -0.3 is 14.9 Å². The van der Waals surface area contributed by atoms with Crippen molar-refractivity contribution < 1.29 is 5.11 Å². The standard InChI is InChI=1S/C6H13N.C5H11NO/c1-6-3-4-7(2)5-6;1-6-3-2-5(7)4-6/h6H,3-5H2,1-2H3;5,7H,2-4H2,1H3. The van der Waals surface area contributed by atoms with E-state index in [2.05, 4.69) is 23.8 Å². The molecule has 2 aliphatic rings. The Labute approximate surface area is 87.7 Å². The topological polar surface area (TPSA) is 26.7 Å². The molecule has 3 nitrogen and oxygen atoms in total. The maximum atomic E-state index is 8.86. The summed E-state index contributed by atoms with van der Waals surface area (Å²) in [6.45, 7) is 6.84. The summed E-state index contributed by atoms with van der Waals surface area (Å²) in [5, 5.41) is 8.86. The van der Waals surface area contributed by atoms with Crippen molar-refractivity contribution in [1.82, 2.24) is 9.80 Å². The van der Waals surface area contributed by atoms with Crippen LogP contribution in [0.3, 0.4) is 0 Å². The molecular formula is C11H24N2O. The van der Waals surface area contributed by atoms with Crippen molar-refractivity contribution in [2.24, 2.45) is 5.92 Å². The van der Waals surface area contributed by atoms with E-state index < -0.39 is 0 Å². The zero-order valence-electron chi connectivity index (χ0n) is 9.74. The molecule has 2 fully saturated rings. The van der Waals surface area contributed by atoms with Crippen molar-refractivity contribution in [3.63, 3.8) is 0 Å². The van der Waals surface area contributed by atoms with Gasteiger partial charge in [0.15, 0.2) is 0 Å². The largest absolute Gasteiger partial charge is 0.392 e. The Kier molecular flexibility index (Phi) is 4.85. The van der Waals surface area contributed by atoms with Crippen molar-refractivity contribution in [3.05, 3.63) is 0 Å². The molecule has 0 spiro atoms. The van der Waals surface area contributed by atoms with Crippen molar-refractivity contribution >= 4 is 0 Å². The highest BCUT2D eigenvalue weighted by atomic mass is 16.3. The molecular weight excluding hydrogens is 176 g/mol. The Morgan fingerprint density at radius 2 is 1.57 bits per heavy atom. The predicted octanol–water partition coefficient (Wildman–Crippen LogP) is 0.641. The Hall–Kier alpha value is -0.120. The van der Waals surface area contributed by atoms with E-state index in [0.29, 0.717) is 0 Å². The van der Waals surface area contributed by atoms with Gasteiger partial charge in [-0.3, -0.25) is 0 Å². The normalized spacial score (nSPS) is 34.3. The van der Waals surface area contributed by atoms with Gasteiger partial charge in [0, 0.05) is 19.6 Å². The van der Waals surface area contributed by atoms with Gasteiger partial charge in [-0.1, -0.05) is 6.92 Å². The lowest BCUT2D eigenvalue weighted by Gasteiger charge is -2.03. The summed E-state index contributed by atoms with van der Waals surface area (Å²) in [5.41, 5.74) is 0. The fourth-order valence-electron chi connectivity index (χ4n) is 2.07. The first kappa shape index (κ1) is 12.0. The summed E-state index contributed by atoms with van der Waals surface area (Å²) < 4.78 is 0. The molecule has 2 aliphatic heterocycles. The highest BCUT2D eigenvalue weighted by molar-refractivity contribution is 4.70. The third kappa shape index (κ3) is 4.40. The van der Waals surface area contributed by atoms with Gasteiger partial charge in [0.2, 0.25) is 0 Å². The number of likely N-dealkylation sites (tertiary alicyclic amines) is 2. The first-order valence-corrected chi connectivity index (χ1v) is 5.63. The monoisotopic (exact) mass is 200 g/mol. The first-order chi connectivity index (χ1) is 6.58. The van der Waals surface area contributed by atoms with Crippen LogP contribution >= 0.6 is 0 Å². The SMILES string of the molecule is CC1CCN(C)C1.CN1CCC(O)C1. The van der Waals surface area contributed by atoms with Gasteiger partial charge >= 0.3 is 0 Å². The van der Waals surface area contributed by atoms with E-state index in [1.54, 1.807) is 0 Å². The van der Waals surface area contributed by atoms with E-state index in [0.717, 1.165) is 25.4 Å². The number of β-amino-alcohol motifs (C(OH)–C–C–N with tert-alkyl or cyclic N) is 1. The summed E-state index contributed by atoms with van der Waals surface area (Å²) in [5.74, 6) is 0.949. The van der Waals surface area contributed by atoms with E-state index >= 15 is 0 Å². The summed E-state index contributed by atoms with van der Waals surface area (Å²) in [4.78, 5) is 4.51. The second-order valence-electron chi connectivity index (χ2n) is 4.86. The van der Waals surface area contributed by atoms with Crippen molar-refractivity contribution in [3.8, 4) is 0 Å². The second-order valence-corrected chi connectivity index (χ2v) is 4.86. The summed E-state index contributed by atoms with van der Waals surface area (Å²) >= 11 is 0. The molecule has 0 aliphatic carbocycles. The van der Waals surface area contributed by atoms with Crippen LogP contribution in [0, 0.1) is 5.92 Å². The second kappa shape index (κ2) is 5.69. The number of hydrogen-bond donors (Lipinski definition) is 1. The first-order valence-electron chi connectivity index (χ1n) is 5.63. The molecule has 2 saturated heterocycles. The fraction of sp³-hybridized carbons (Fsp3) is 1.00. The minimum atomic E-state index is -0.0509. The van der Waals surface area contributed by atoms with Crippen LogP contribution in [-0.2, 0) is 0 Å². The molecule has 0 amide bonds. The third-order valence-electron chi connectivity index (χ3n) is 2.99. The van der Waals surface area contributed by atoms with E-state index in [1.807, 2.05) is 7.05 Å². The summed E-state index contributed by atoms with van der Waals surface area (Å²) in [6, 6.07) is 0. The number of aliphatic hydroxyl groups is 1. The minimum Gasteiger partial charge on any atom is -0.392 e. The van der Waals surface area contributed by atoms with Crippen LogP contribution in [0.4, 0.5) is 0 Å². The molecule has 2 unspecified atom stereocenters. The zero-order valence-corrected chi connectivity index (χ0v) is 9.74. The van der Waals surface area contributed by atoms with E-state index in [4.69, 9.17) is 5.11 Å².